The molecule has 9 heteroatoms. The zero-order valence-corrected chi connectivity index (χ0v) is 12.9. The third-order valence-corrected chi connectivity index (χ3v) is 4.41. The van der Waals surface area contributed by atoms with E-state index in [0.29, 0.717) is 4.47 Å². The number of methoxy groups -OCH3 is 1. The maximum atomic E-state index is 12.2. The molecule has 20 heavy (non-hydrogen) atoms. The van der Waals surface area contributed by atoms with Crippen molar-refractivity contribution in [2.75, 3.05) is 13.7 Å². The minimum absolute atomic E-state index is 0.0915. The van der Waals surface area contributed by atoms with Crippen LogP contribution < -0.4 is 9.46 Å². The first-order chi connectivity index (χ1) is 9.31. The number of carbonyl (C=O) groups is 1. The Hall–Kier alpha value is -1.16. The van der Waals surface area contributed by atoms with E-state index in [2.05, 4.69) is 15.9 Å². The SMILES string of the molecule is COc1ccc(Br)cc1S(=O)(=O)N[C@@H](CCO)C(=O)O. The fourth-order valence-electron chi connectivity index (χ4n) is 1.47. The molecule has 1 aromatic rings. The van der Waals surface area contributed by atoms with Gasteiger partial charge in [-0.15, -0.1) is 0 Å². The second kappa shape index (κ2) is 7.02. The lowest BCUT2D eigenvalue weighted by molar-refractivity contribution is -0.139. The van der Waals surface area contributed by atoms with Gasteiger partial charge in [0, 0.05) is 11.1 Å². The highest BCUT2D eigenvalue weighted by atomic mass is 79.9. The van der Waals surface area contributed by atoms with E-state index < -0.39 is 28.6 Å². The van der Waals surface area contributed by atoms with E-state index in [1.54, 1.807) is 6.07 Å². The van der Waals surface area contributed by atoms with Crippen LogP contribution in [0.1, 0.15) is 6.42 Å². The molecule has 3 N–H and O–H groups in total. The molecule has 0 aliphatic carbocycles. The van der Waals surface area contributed by atoms with E-state index >= 15 is 0 Å². The van der Waals surface area contributed by atoms with Crippen LogP contribution in [0.2, 0.25) is 0 Å². The van der Waals surface area contributed by atoms with Crippen molar-refractivity contribution in [2.45, 2.75) is 17.4 Å². The summed E-state index contributed by atoms with van der Waals surface area (Å²) in [6.07, 6.45) is -0.231. The van der Waals surface area contributed by atoms with Crippen molar-refractivity contribution in [2.24, 2.45) is 0 Å². The second-order valence-electron chi connectivity index (χ2n) is 3.82. The molecular weight excluding hydrogens is 354 g/mol. The first-order valence-electron chi connectivity index (χ1n) is 5.51. The number of carboxylic acids is 1. The van der Waals surface area contributed by atoms with E-state index in [-0.39, 0.29) is 17.1 Å². The normalized spacial score (nSPS) is 12.9. The van der Waals surface area contributed by atoms with Crippen LogP contribution in [0.3, 0.4) is 0 Å². The first kappa shape index (κ1) is 16.9. The number of rotatable bonds is 7. The summed E-state index contributed by atoms with van der Waals surface area (Å²) >= 11 is 3.14. The fraction of sp³-hybridized carbons (Fsp3) is 0.364. The molecule has 0 bridgehead atoms. The summed E-state index contributed by atoms with van der Waals surface area (Å²) in [6.45, 7) is -0.449. The molecule has 0 aliphatic heterocycles. The molecule has 0 spiro atoms. The van der Waals surface area contributed by atoms with Gasteiger partial charge < -0.3 is 14.9 Å². The maximum Gasteiger partial charge on any atom is 0.321 e. The van der Waals surface area contributed by atoms with Crippen LogP contribution >= 0.6 is 15.9 Å². The number of aliphatic hydroxyl groups is 1. The molecule has 0 saturated heterocycles. The van der Waals surface area contributed by atoms with Crippen LogP contribution in [0, 0.1) is 0 Å². The predicted molar refractivity (Wildman–Crippen MR) is 74.1 cm³/mol. The average Bonchev–Trinajstić information content (AvgIpc) is 2.38. The molecule has 0 saturated carbocycles. The molecule has 0 fully saturated rings. The highest BCUT2D eigenvalue weighted by Gasteiger charge is 2.27. The van der Waals surface area contributed by atoms with Gasteiger partial charge in [-0.25, -0.2) is 8.42 Å². The van der Waals surface area contributed by atoms with Crippen molar-refractivity contribution in [3.8, 4) is 5.75 Å². The molecule has 7 nitrogen and oxygen atoms in total. The zero-order valence-electron chi connectivity index (χ0n) is 10.5. The monoisotopic (exact) mass is 367 g/mol. The first-order valence-corrected chi connectivity index (χ1v) is 7.79. The van der Waals surface area contributed by atoms with Crippen molar-refractivity contribution >= 4 is 31.9 Å². The molecule has 1 rings (SSSR count). The summed E-state index contributed by atoms with van der Waals surface area (Å²) in [5.74, 6) is -1.27. The molecule has 0 radical (unpaired) electrons. The summed E-state index contributed by atoms with van der Waals surface area (Å²) in [6, 6.07) is 2.94. The van der Waals surface area contributed by atoms with Gasteiger partial charge >= 0.3 is 5.97 Å². The van der Waals surface area contributed by atoms with Crippen molar-refractivity contribution in [3.05, 3.63) is 22.7 Å². The third-order valence-electron chi connectivity index (χ3n) is 2.43. The average molecular weight is 368 g/mol. The van der Waals surface area contributed by atoms with Crippen molar-refractivity contribution in [1.29, 1.82) is 0 Å². The lowest BCUT2D eigenvalue weighted by atomic mass is 10.2. The van der Waals surface area contributed by atoms with Gasteiger partial charge in [-0.2, -0.15) is 4.72 Å². The second-order valence-corrected chi connectivity index (χ2v) is 6.42. The Morgan fingerprint density at radius 2 is 2.15 bits per heavy atom. The lowest BCUT2D eigenvalue weighted by Crippen LogP contribution is -2.41. The highest BCUT2D eigenvalue weighted by molar-refractivity contribution is 9.10. The van der Waals surface area contributed by atoms with Gasteiger partial charge in [0.2, 0.25) is 10.0 Å². The van der Waals surface area contributed by atoms with Crippen LogP contribution in [0.15, 0.2) is 27.6 Å². The predicted octanol–water partition coefficient (Wildman–Crippen LogP) is 0.572. The largest absolute Gasteiger partial charge is 0.495 e. The number of sulfonamides is 1. The number of hydrogen-bond acceptors (Lipinski definition) is 5. The number of carboxylic acid groups (broad SMARTS) is 1. The summed E-state index contributed by atoms with van der Waals surface area (Å²) in [7, 11) is -2.78. The molecule has 1 atom stereocenters. The minimum atomic E-state index is -4.09. The summed E-state index contributed by atoms with van der Waals surface area (Å²) < 4.78 is 31.9. The molecule has 0 aromatic heterocycles. The van der Waals surface area contributed by atoms with Gasteiger partial charge in [0.25, 0.3) is 0 Å². The summed E-state index contributed by atoms with van der Waals surface area (Å²) in [4.78, 5) is 10.8. The summed E-state index contributed by atoms with van der Waals surface area (Å²) in [5.41, 5.74) is 0. The van der Waals surface area contributed by atoms with E-state index in [4.69, 9.17) is 14.9 Å². The smallest absolute Gasteiger partial charge is 0.321 e. The van der Waals surface area contributed by atoms with Gasteiger partial charge in [-0.1, -0.05) is 15.9 Å². The van der Waals surface area contributed by atoms with Crippen LogP contribution in [0.5, 0.6) is 5.75 Å². The van der Waals surface area contributed by atoms with Crippen LogP contribution in [0.4, 0.5) is 0 Å². The van der Waals surface area contributed by atoms with Crippen LogP contribution in [-0.2, 0) is 14.8 Å². The Morgan fingerprint density at radius 1 is 1.50 bits per heavy atom. The summed E-state index contributed by atoms with van der Waals surface area (Å²) in [5, 5.41) is 17.7. The van der Waals surface area contributed by atoms with Crippen molar-refractivity contribution < 1.29 is 28.2 Å². The zero-order chi connectivity index (χ0) is 15.3. The third kappa shape index (κ3) is 4.17. The standard InChI is InChI=1S/C11H14BrNO6S/c1-19-9-3-2-7(12)6-10(9)20(17,18)13-8(4-5-14)11(15)16/h2-3,6,8,13-14H,4-5H2,1H3,(H,15,16)/t8-/m0/s1. The number of nitrogens with one attached hydrogen (secondary N) is 1. The van der Waals surface area contributed by atoms with Crippen molar-refractivity contribution in [1.82, 2.24) is 4.72 Å². The van der Waals surface area contributed by atoms with Gasteiger partial charge in [0.15, 0.2) is 0 Å². The van der Waals surface area contributed by atoms with Crippen LogP contribution in [0.25, 0.3) is 0 Å². The topological polar surface area (TPSA) is 113 Å². The van der Waals surface area contributed by atoms with Gasteiger partial charge in [-0.3, -0.25) is 4.79 Å². The Bertz CT molecular complexity index is 589. The van der Waals surface area contributed by atoms with E-state index in [0.717, 1.165) is 0 Å². The maximum absolute atomic E-state index is 12.2. The quantitative estimate of drug-likeness (QED) is 0.649. The van der Waals surface area contributed by atoms with Gasteiger partial charge in [0.1, 0.15) is 16.7 Å². The van der Waals surface area contributed by atoms with Crippen molar-refractivity contribution in [3.63, 3.8) is 0 Å². The number of hydrogen-bond donors (Lipinski definition) is 3. The van der Waals surface area contributed by atoms with Gasteiger partial charge in [0.05, 0.1) is 7.11 Å². The number of ether oxygens (including phenoxy) is 1. The molecule has 0 aliphatic rings. The number of benzene rings is 1. The number of aliphatic hydroxyl groups excluding tert-OH is 1. The molecule has 1 aromatic carbocycles. The van der Waals surface area contributed by atoms with E-state index in [9.17, 15) is 13.2 Å². The molecule has 0 amide bonds. The highest BCUT2D eigenvalue weighted by Crippen LogP contribution is 2.27. The Balaban J connectivity index is 3.16. The molecule has 112 valence electrons. The minimum Gasteiger partial charge on any atom is -0.495 e. The molecule has 0 heterocycles. The molecule has 0 unspecified atom stereocenters. The number of halogens is 1. The molecular formula is C11H14BrNO6S. The Kier molecular flexibility index (Phi) is 5.93. The van der Waals surface area contributed by atoms with E-state index in [1.807, 2.05) is 4.72 Å². The Morgan fingerprint density at radius 3 is 2.65 bits per heavy atom. The number of aliphatic carboxylic acids is 1. The van der Waals surface area contributed by atoms with Crippen LogP contribution in [-0.4, -0.2) is 44.4 Å². The lowest BCUT2D eigenvalue weighted by Gasteiger charge is -2.15. The van der Waals surface area contributed by atoms with Gasteiger partial charge in [-0.05, 0) is 24.6 Å². The Labute approximate surface area is 124 Å². The van der Waals surface area contributed by atoms with E-state index in [1.165, 1.54) is 19.2 Å². The fourth-order valence-corrected chi connectivity index (χ4v) is 3.40.